The van der Waals surface area contributed by atoms with E-state index < -0.39 is 15.3 Å². The summed E-state index contributed by atoms with van der Waals surface area (Å²) in [6, 6.07) is 7.89. The zero-order valence-electron chi connectivity index (χ0n) is 15.8. The first-order valence-corrected chi connectivity index (χ1v) is 10.7. The molecule has 0 aliphatic rings. The van der Waals surface area contributed by atoms with Gasteiger partial charge >= 0.3 is 0 Å². The van der Waals surface area contributed by atoms with Crippen molar-refractivity contribution in [2.24, 2.45) is 0 Å². The Morgan fingerprint density at radius 1 is 0.962 bits per heavy atom. The summed E-state index contributed by atoms with van der Waals surface area (Å²) in [5.41, 5.74) is 1.98. The minimum absolute atomic E-state index is 0.0489. The fraction of sp³-hybridized carbons (Fsp3) is 0.667. The first-order chi connectivity index (χ1) is 12.4. The van der Waals surface area contributed by atoms with E-state index in [1.807, 2.05) is 29.2 Å². The highest BCUT2D eigenvalue weighted by atomic mass is 32.2. The second kappa shape index (κ2) is 12.1. The van der Waals surface area contributed by atoms with Crippen molar-refractivity contribution in [2.45, 2.75) is 38.4 Å². The third kappa shape index (κ3) is 8.35. The van der Waals surface area contributed by atoms with Gasteiger partial charge in [0.05, 0.1) is 18.5 Å². The van der Waals surface area contributed by atoms with Crippen LogP contribution in [0.5, 0.6) is 0 Å². The third-order valence-electron chi connectivity index (χ3n) is 4.08. The molecule has 7 nitrogen and oxygen atoms in total. The number of rotatable bonds is 14. The number of anilines is 2. The second-order valence-electron chi connectivity index (χ2n) is 6.46. The van der Waals surface area contributed by atoms with Crippen molar-refractivity contribution in [2.75, 3.05) is 49.6 Å². The zero-order valence-corrected chi connectivity index (χ0v) is 16.6. The van der Waals surface area contributed by atoms with Gasteiger partial charge in [-0.2, -0.15) is 0 Å². The van der Waals surface area contributed by atoms with Gasteiger partial charge in [0.15, 0.2) is 0 Å². The number of aliphatic hydroxyl groups excluding tert-OH is 2. The molecule has 8 heteroatoms. The summed E-state index contributed by atoms with van der Waals surface area (Å²) in [5.74, 6) is 0. The molecule has 0 fully saturated rings. The lowest BCUT2D eigenvalue weighted by Gasteiger charge is -2.23. The minimum Gasteiger partial charge on any atom is -0.395 e. The van der Waals surface area contributed by atoms with Crippen LogP contribution in [0, 0.1) is 0 Å². The quantitative estimate of drug-likeness (QED) is 0.360. The molecule has 0 atom stereocenters. The average molecular weight is 388 g/mol. The molecule has 26 heavy (non-hydrogen) atoms. The smallest absolute Gasteiger partial charge is 0.213 e. The van der Waals surface area contributed by atoms with E-state index >= 15 is 0 Å². The maximum Gasteiger partial charge on any atom is 0.213 e. The van der Waals surface area contributed by atoms with Crippen LogP contribution in [0.2, 0.25) is 0 Å². The van der Waals surface area contributed by atoms with E-state index in [0.29, 0.717) is 19.6 Å². The first-order valence-electron chi connectivity index (χ1n) is 9.19. The van der Waals surface area contributed by atoms with Crippen LogP contribution in [0.15, 0.2) is 24.3 Å². The number of aliphatic hydroxyl groups is 2. The zero-order chi connectivity index (χ0) is 19.4. The van der Waals surface area contributed by atoms with Crippen molar-refractivity contribution in [1.82, 2.24) is 4.72 Å². The van der Waals surface area contributed by atoms with Gasteiger partial charge in [0.25, 0.3) is 0 Å². The normalized spacial score (nSPS) is 11.7. The SMILES string of the molecule is CC(C)S(=O)(=O)NCCCCCNc1ccc(N(CCO)CCO)cc1. The topological polar surface area (TPSA) is 102 Å². The summed E-state index contributed by atoms with van der Waals surface area (Å²) >= 11 is 0. The molecule has 0 radical (unpaired) electrons. The lowest BCUT2D eigenvalue weighted by atomic mass is 10.2. The Labute approximate surface area is 157 Å². The molecule has 1 aromatic carbocycles. The number of unbranched alkanes of at least 4 members (excludes halogenated alkanes) is 2. The van der Waals surface area contributed by atoms with E-state index in [1.165, 1.54) is 0 Å². The summed E-state index contributed by atoms with van der Waals surface area (Å²) in [4.78, 5) is 1.93. The Bertz CT molecular complexity index is 585. The lowest BCUT2D eigenvalue weighted by molar-refractivity contribution is 0.281. The molecule has 0 amide bonds. The molecular weight excluding hydrogens is 354 g/mol. The number of hydrogen-bond acceptors (Lipinski definition) is 6. The van der Waals surface area contributed by atoms with Gasteiger partial charge in [-0.25, -0.2) is 13.1 Å². The van der Waals surface area contributed by atoms with Crippen molar-refractivity contribution < 1.29 is 18.6 Å². The van der Waals surface area contributed by atoms with E-state index in [1.54, 1.807) is 13.8 Å². The Balaban J connectivity index is 2.25. The molecule has 0 aromatic heterocycles. The van der Waals surface area contributed by atoms with Gasteiger partial charge in [-0.05, 0) is 51.0 Å². The van der Waals surface area contributed by atoms with Crippen LogP contribution in [0.4, 0.5) is 11.4 Å². The van der Waals surface area contributed by atoms with Crippen molar-refractivity contribution in [1.29, 1.82) is 0 Å². The highest BCUT2D eigenvalue weighted by Gasteiger charge is 2.13. The van der Waals surface area contributed by atoms with Gasteiger partial charge in [0, 0.05) is 37.6 Å². The van der Waals surface area contributed by atoms with Crippen LogP contribution in [0.1, 0.15) is 33.1 Å². The molecule has 1 rings (SSSR count). The fourth-order valence-electron chi connectivity index (χ4n) is 2.44. The van der Waals surface area contributed by atoms with Crippen LogP contribution in [-0.2, 0) is 10.0 Å². The summed E-state index contributed by atoms with van der Waals surface area (Å²) < 4.78 is 25.8. The number of sulfonamides is 1. The largest absolute Gasteiger partial charge is 0.395 e. The van der Waals surface area contributed by atoms with E-state index in [0.717, 1.165) is 37.2 Å². The fourth-order valence-corrected chi connectivity index (χ4v) is 3.20. The summed E-state index contributed by atoms with van der Waals surface area (Å²) in [6.07, 6.45) is 2.74. The highest BCUT2D eigenvalue weighted by molar-refractivity contribution is 7.90. The van der Waals surface area contributed by atoms with Crippen LogP contribution >= 0.6 is 0 Å². The molecule has 0 spiro atoms. The lowest BCUT2D eigenvalue weighted by Crippen LogP contribution is -2.31. The van der Waals surface area contributed by atoms with E-state index in [-0.39, 0.29) is 13.2 Å². The minimum atomic E-state index is -3.15. The Morgan fingerprint density at radius 3 is 2.08 bits per heavy atom. The second-order valence-corrected chi connectivity index (χ2v) is 8.78. The molecule has 150 valence electrons. The van der Waals surface area contributed by atoms with Crippen molar-refractivity contribution >= 4 is 21.4 Å². The molecule has 0 unspecified atom stereocenters. The maximum absolute atomic E-state index is 11.6. The highest BCUT2D eigenvalue weighted by Crippen LogP contribution is 2.17. The molecule has 0 aliphatic carbocycles. The molecular formula is C18H33N3O4S. The first kappa shape index (κ1) is 22.7. The monoisotopic (exact) mass is 387 g/mol. The van der Waals surface area contributed by atoms with Crippen LogP contribution in [-0.4, -0.2) is 63.3 Å². The van der Waals surface area contributed by atoms with Gasteiger partial charge < -0.3 is 20.4 Å². The van der Waals surface area contributed by atoms with E-state index in [2.05, 4.69) is 10.0 Å². The number of nitrogens with one attached hydrogen (secondary N) is 2. The van der Waals surface area contributed by atoms with Gasteiger partial charge in [0.1, 0.15) is 0 Å². The summed E-state index contributed by atoms with van der Waals surface area (Å²) in [5, 5.41) is 21.1. The van der Waals surface area contributed by atoms with Crippen LogP contribution in [0.25, 0.3) is 0 Å². The molecule has 0 bridgehead atoms. The summed E-state index contributed by atoms with van der Waals surface area (Å²) in [7, 11) is -3.15. The van der Waals surface area contributed by atoms with Gasteiger partial charge in [-0.1, -0.05) is 6.42 Å². The number of benzene rings is 1. The molecule has 0 saturated heterocycles. The van der Waals surface area contributed by atoms with Gasteiger partial charge in [0.2, 0.25) is 10.0 Å². The molecule has 1 aromatic rings. The molecule has 4 N–H and O–H groups in total. The molecule has 0 heterocycles. The van der Waals surface area contributed by atoms with E-state index in [9.17, 15) is 8.42 Å². The molecule has 0 saturated carbocycles. The Morgan fingerprint density at radius 2 is 1.54 bits per heavy atom. The van der Waals surface area contributed by atoms with Crippen molar-refractivity contribution in [3.8, 4) is 0 Å². The van der Waals surface area contributed by atoms with Crippen molar-refractivity contribution in [3.05, 3.63) is 24.3 Å². The van der Waals surface area contributed by atoms with Crippen LogP contribution in [0.3, 0.4) is 0 Å². The van der Waals surface area contributed by atoms with Gasteiger partial charge in [-0.15, -0.1) is 0 Å². The summed E-state index contributed by atoms with van der Waals surface area (Å²) in [6.45, 7) is 5.74. The average Bonchev–Trinajstić information content (AvgIpc) is 2.61. The van der Waals surface area contributed by atoms with Crippen LogP contribution < -0.4 is 14.9 Å². The van der Waals surface area contributed by atoms with Gasteiger partial charge in [-0.3, -0.25) is 0 Å². The third-order valence-corrected chi connectivity index (χ3v) is 5.93. The Hall–Kier alpha value is -1.35. The predicted octanol–water partition coefficient (Wildman–Crippen LogP) is 1.39. The predicted molar refractivity (Wildman–Crippen MR) is 107 cm³/mol. The van der Waals surface area contributed by atoms with Crippen molar-refractivity contribution in [3.63, 3.8) is 0 Å². The standard InChI is InChI=1S/C18H33N3O4S/c1-16(2)26(24,25)20-11-5-3-4-10-19-17-6-8-18(9-7-17)21(12-14-22)13-15-23/h6-9,16,19-20,22-23H,3-5,10-15H2,1-2H3. The Kier molecular flexibility index (Phi) is 10.6. The number of nitrogens with zero attached hydrogens (tertiary/aromatic N) is 1. The maximum atomic E-state index is 11.6. The number of hydrogen-bond donors (Lipinski definition) is 4. The molecule has 0 aliphatic heterocycles. The van der Waals surface area contributed by atoms with E-state index in [4.69, 9.17) is 10.2 Å².